The van der Waals surface area contributed by atoms with Crippen LogP contribution in [0.4, 0.5) is 45.5 Å². The van der Waals surface area contributed by atoms with Gasteiger partial charge in [-0.3, -0.25) is 0 Å². The third-order valence-corrected chi connectivity index (χ3v) is 13.6. The van der Waals surface area contributed by atoms with E-state index in [1.807, 2.05) is 0 Å². The summed E-state index contributed by atoms with van der Waals surface area (Å²) < 4.78 is 0.825. The lowest BCUT2D eigenvalue weighted by atomic mass is 9.96. The molecule has 12 rings (SSSR count). The maximum Gasteiger partial charge on any atom is 0.156 e. The summed E-state index contributed by atoms with van der Waals surface area (Å²) in [5.74, 6) is 0. The minimum Gasteiger partial charge on any atom is -0.193 e. The first-order chi connectivity index (χ1) is 32.7. The molecule has 0 atom stereocenters. The van der Waals surface area contributed by atoms with Gasteiger partial charge in [-0.15, -0.1) is 0 Å². The van der Waals surface area contributed by atoms with Crippen molar-refractivity contribution in [3.05, 3.63) is 279 Å². The van der Waals surface area contributed by atoms with Crippen LogP contribution in [0.25, 0.3) is 54.2 Å². The lowest BCUT2D eigenvalue weighted by Crippen LogP contribution is -2.33. The maximum absolute atomic E-state index is 2.34. The van der Waals surface area contributed by atoms with E-state index in [2.05, 4.69) is 279 Å². The normalized spacial score (nSPS) is 11.9. The van der Waals surface area contributed by atoms with Crippen molar-refractivity contribution in [2.45, 2.75) is 0 Å². The average Bonchev–Trinajstić information content (AvgIpc) is 3.40. The lowest BCUT2D eigenvalue weighted by Gasteiger charge is -2.38. The van der Waals surface area contributed by atoms with Gasteiger partial charge in [-0.1, -0.05) is 158 Å². The summed E-state index contributed by atoms with van der Waals surface area (Å²) in [7, 11) is 0. The molecule has 0 aliphatic carbocycles. The fraction of sp³-hybridized carbons (Fsp3) is 0. The average molecular weight is 843 g/mol. The van der Waals surface area contributed by atoms with Crippen molar-refractivity contribution >= 4 is 88.6 Å². The topological polar surface area (TPSA) is 0 Å². The molecule has 2 heteroatoms. The molecule has 2 nitrogen and oxygen atoms in total. The van der Waals surface area contributed by atoms with Gasteiger partial charge in [0, 0.05) is 94.3 Å². The van der Waals surface area contributed by atoms with E-state index in [-0.39, 0.29) is 0 Å². The molecular weight excluding hydrogens is 797 g/mol. The van der Waals surface area contributed by atoms with Gasteiger partial charge >= 0.3 is 0 Å². The summed E-state index contributed by atoms with van der Waals surface area (Å²) in [6.45, 7) is 0. The monoisotopic (exact) mass is 842 g/mol. The van der Waals surface area contributed by atoms with Gasteiger partial charge in [-0.2, -0.15) is 8.97 Å². The minimum absolute atomic E-state index is 0.413. The number of fused-ring (bicyclic) bond motifs is 4. The van der Waals surface area contributed by atoms with Crippen molar-refractivity contribution in [1.29, 1.82) is 0 Å². The van der Waals surface area contributed by atoms with Gasteiger partial charge in [0.1, 0.15) is 22.7 Å². The highest BCUT2D eigenvalue weighted by molar-refractivity contribution is 6.07. The van der Waals surface area contributed by atoms with Crippen molar-refractivity contribution in [2.75, 3.05) is 0 Å². The van der Waals surface area contributed by atoms with Gasteiger partial charge < -0.3 is 0 Å². The first kappa shape index (κ1) is 39.2. The quantitative estimate of drug-likeness (QED) is 0.127. The summed E-state index contributed by atoms with van der Waals surface area (Å²) in [5.41, 5.74) is 11.7. The summed E-state index contributed by atoms with van der Waals surface area (Å²) in [4.78, 5) is 0. The van der Waals surface area contributed by atoms with Crippen LogP contribution in [0.1, 0.15) is 0 Å². The van der Waals surface area contributed by atoms with Gasteiger partial charge in [0.25, 0.3) is 0 Å². The largest absolute Gasteiger partial charge is 0.193 e. The highest BCUT2D eigenvalue weighted by Gasteiger charge is 2.43. The molecule has 0 bridgehead atoms. The predicted molar refractivity (Wildman–Crippen MR) is 282 cm³/mol. The van der Waals surface area contributed by atoms with Crippen LogP contribution in [0.2, 0.25) is 0 Å². The van der Waals surface area contributed by atoms with E-state index in [0.29, 0.717) is 8.97 Å². The number of hydrogen-bond donors (Lipinski definition) is 0. The van der Waals surface area contributed by atoms with Crippen molar-refractivity contribution in [1.82, 2.24) is 8.97 Å². The maximum atomic E-state index is 2.34. The molecule has 0 amide bonds. The molecule has 12 aromatic rings. The van der Waals surface area contributed by atoms with Crippen molar-refractivity contribution in [2.24, 2.45) is 0 Å². The summed E-state index contributed by atoms with van der Waals surface area (Å²) >= 11 is 0. The third-order valence-electron chi connectivity index (χ3n) is 13.6. The number of nitrogens with zero attached hydrogens (tertiary/aromatic N) is 2. The second kappa shape index (κ2) is 16.3. The van der Waals surface area contributed by atoms with Crippen LogP contribution in [0, 0.1) is 0 Å². The Kier molecular flexibility index (Phi) is 9.69. The van der Waals surface area contributed by atoms with Gasteiger partial charge in [-0.05, 0) is 81.2 Å². The van der Waals surface area contributed by atoms with E-state index >= 15 is 0 Å². The zero-order chi connectivity index (χ0) is 43.9. The third kappa shape index (κ3) is 6.19. The zero-order valence-electron chi connectivity index (χ0n) is 36.5. The number of benzene rings is 12. The second-order valence-corrected chi connectivity index (χ2v) is 17.1. The van der Waals surface area contributed by atoms with Crippen molar-refractivity contribution < 1.29 is 0 Å². The molecule has 12 aromatic carbocycles. The van der Waals surface area contributed by atoms with E-state index < -0.39 is 0 Å². The Morgan fingerprint density at radius 2 is 0.394 bits per heavy atom. The number of para-hydroxylation sites is 2. The minimum atomic E-state index is 0.413. The predicted octanol–water partition coefficient (Wildman–Crippen LogP) is 18.6. The van der Waals surface area contributed by atoms with Crippen LogP contribution in [-0.2, 0) is 0 Å². The number of quaternary nitrogens is 2. The summed E-state index contributed by atoms with van der Waals surface area (Å²) in [6, 6.07) is 103. The zero-order valence-corrected chi connectivity index (χ0v) is 36.5. The number of hydrogen-bond acceptors (Lipinski definition) is 0. The molecule has 0 spiro atoms. The lowest BCUT2D eigenvalue weighted by molar-refractivity contribution is 0.714. The summed E-state index contributed by atoms with van der Waals surface area (Å²) in [6.07, 6.45) is 0. The molecule has 0 aliphatic heterocycles. The second-order valence-electron chi connectivity index (χ2n) is 17.1. The molecule has 0 N–H and O–H groups in total. The Bertz CT molecular complexity index is 3260. The molecule has 0 aliphatic rings. The molecule has 0 heterocycles. The van der Waals surface area contributed by atoms with E-state index in [0.717, 1.165) is 22.5 Å². The highest BCUT2D eigenvalue weighted by atomic mass is 15.4. The molecule has 0 saturated heterocycles. The molecule has 66 heavy (non-hydrogen) atoms. The standard InChI is InChI=1S/C64H46N2/c1-3-27-53(28-4-1)65(61-35-15-23-49-19-7-11-31-57(49)61,62-36-16-24-50-20-8-12-32-58(50)62)55-43-39-47(40-44-55)48-41-45-56(46-42-48)66(54-29-5-2-6-30-54,63-37-17-25-51-21-9-13-33-59(51)63)64-38-18-26-52-22-10-14-34-60(52)64/h1-46H/q+2. The molecule has 0 aromatic heterocycles. The van der Waals surface area contributed by atoms with Gasteiger partial charge in [-0.25, -0.2) is 0 Å². The van der Waals surface area contributed by atoms with Crippen LogP contribution in [0.5, 0.6) is 0 Å². The Balaban J connectivity index is 1.07. The van der Waals surface area contributed by atoms with E-state index in [4.69, 9.17) is 0 Å². The van der Waals surface area contributed by atoms with E-state index in [1.54, 1.807) is 0 Å². The SMILES string of the molecule is c1ccc([N+](c2ccc(-c3ccc([N+](c4ccccc4)(c4cccc5ccccc45)c4cccc5ccccc45)cc3)cc2)(c2cccc3ccccc23)c2cccc3ccccc23)cc1. The van der Waals surface area contributed by atoms with E-state index in [9.17, 15) is 0 Å². The first-order valence-electron chi connectivity index (χ1n) is 22.8. The van der Waals surface area contributed by atoms with Crippen LogP contribution in [-0.4, -0.2) is 0 Å². The fourth-order valence-electron chi connectivity index (χ4n) is 10.7. The summed E-state index contributed by atoms with van der Waals surface area (Å²) in [5, 5.41) is 9.71. The Labute approximate surface area is 385 Å². The van der Waals surface area contributed by atoms with Crippen molar-refractivity contribution in [3.63, 3.8) is 0 Å². The Morgan fingerprint density at radius 1 is 0.167 bits per heavy atom. The van der Waals surface area contributed by atoms with Crippen LogP contribution >= 0.6 is 0 Å². The van der Waals surface area contributed by atoms with Gasteiger partial charge in [0.15, 0.2) is 22.7 Å². The van der Waals surface area contributed by atoms with Crippen molar-refractivity contribution in [3.8, 4) is 11.1 Å². The molecular formula is C64H46N2+2. The van der Waals surface area contributed by atoms with Gasteiger partial charge in [0.2, 0.25) is 0 Å². The highest BCUT2D eigenvalue weighted by Crippen LogP contribution is 2.57. The van der Waals surface area contributed by atoms with Crippen LogP contribution in [0.3, 0.4) is 0 Å². The molecule has 0 unspecified atom stereocenters. The van der Waals surface area contributed by atoms with Crippen LogP contribution in [0.15, 0.2) is 279 Å². The molecule has 0 fully saturated rings. The molecule has 310 valence electrons. The van der Waals surface area contributed by atoms with E-state index in [1.165, 1.54) is 77.2 Å². The Morgan fingerprint density at radius 3 is 0.682 bits per heavy atom. The van der Waals surface area contributed by atoms with Gasteiger partial charge in [0.05, 0.1) is 0 Å². The first-order valence-corrected chi connectivity index (χ1v) is 22.8. The fourth-order valence-corrected chi connectivity index (χ4v) is 10.7. The molecule has 0 radical (unpaired) electrons. The number of rotatable bonds is 9. The molecule has 0 saturated carbocycles. The van der Waals surface area contributed by atoms with Crippen LogP contribution < -0.4 is 8.97 Å². The Hall–Kier alpha value is -8.40. The smallest absolute Gasteiger partial charge is 0.156 e.